The molecule has 5 heteroatoms. The zero-order valence-electron chi connectivity index (χ0n) is 45.0. The van der Waals surface area contributed by atoms with Crippen molar-refractivity contribution in [2.24, 2.45) is 0 Å². The molecule has 4 heterocycles. The molecule has 0 radical (unpaired) electrons. The minimum atomic E-state index is -0.757. The van der Waals surface area contributed by atoms with Crippen molar-refractivity contribution in [1.29, 1.82) is 0 Å². The van der Waals surface area contributed by atoms with E-state index in [9.17, 15) is 0 Å². The molecule has 0 N–H and O–H groups in total. The lowest BCUT2D eigenvalue weighted by Gasteiger charge is -2.40. The Morgan fingerprint density at radius 3 is 1.38 bits per heavy atom. The van der Waals surface area contributed by atoms with Crippen LogP contribution < -0.4 is 9.80 Å². The molecule has 0 atom stereocenters. The fourth-order valence-corrected chi connectivity index (χ4v) is 14.7. The van der Waals surface area contributed by atoms with Crippen LogP contribution in [0.25, 0.3) is 104 Å². The molecular formula is C77H49N3O2. The second-order valence-electron chi connectivity index (χ2n) is 22.4. The van der Waals surface area contributed by atoms with Gasteiger partial charge in [-0.05, 0) is 153 Å². The van der Waals surface area contributed by atoms with E-state index in [-0.39, 0.29) is 0 Å². The number of para-hydroxylation sites is 7. The zero-order chi connectivity index (χ0) is 53.9. The fraction of sp³-hybridized carbons (Fsp3) is 0.0390. The number of furan rings is 2. The Labute approximate surface area is 472 Å². The number of hydrogen-bond donors (Lipinski definition) is 0. The van der Waals surface area contributed by atoms with E-state index >= 15 is 0 Å². The summed E-state index contributed by atoms with van der Waals surface area (Å²) in [6.45, 7) is 4.27. The molecule has 2 aliphatic rings. The Morgan fingerprint density at radius 1 is 0.317 bits per heavy atom. The van der Waals surface area contributed by atoms with E-state index in [0.717, 1.165) is 105 Å². The maximum atomic E-state index is 7.11. The lowest BCUT2D eigenvalue weighted by Crippen LogP contribution is -2.33. The molecule has 0 amide bonds. The third-order valence-electron chi connectivity index (χ3n) is 18.1. The number of aromatic nitrogens is 1. The van der Waals surface area contributed by atoms with Crippen molar-refractivity contribution < 1.29 is 8.83 Å². The van der Waals surface area contributed by atoms with Gasteiger partial charge in [0.2, 0.25) is 0 Å². The van der Waals surface area contributed by atoms with Crippen molar-refractivity contribution in [3.8, 4) is 16.8 Å². The van der Waals surface area contributed by atoms with Crippen molar-refractivity contribution >= 4 is 121 Å². The molecule has 16 aromatic rings. The Bertz CT molecular complexity index is 5310. The number of anilines is 6. The van der Waals surface area contributed by atoms with Crippen LogP contribution in [0.4, 0.5) is 34.1 Å². The summed E-state index contributed by atoms with van der Waals surface area (Å²) >= 11 is 0. The molecule has 13 aromatic carbocycles. The number of nitrogens with zero attached hydrogens (tertiary/aromatic N) is 3. The van der Waals surface area contributed by atoms with Gasteiger partial charge >= 0.3 is 0 Å². The molecule has 82 heavy (non-hydrogen) atoms. The molecule has 1 aliphatic carbocycles. The molecule has 0 unspecified atom stereocenters. The zero-order valence-corrected chi connectivity index (χ0v) is 45.0. The summed E-state index contributed by atoms with van der Waals surface area (Å²) in [5.41, 5.74) is 22.1. The van der Waals surface area contributed by atoms with Crippen molar-refractivity contribution in [2.45, 2.75) is 19.3 Å². The van der Waals surface area contributed by atoms with Crippen LogP contribution in [0.1, 0.15) is 33.4 Å². The summed E-state index contributed by atoms with van der Waals surface area (Å²) in [5, 5.41) is 11.6. The maximum Gasteiger partial charge on any atom is 0.159 e. The molecule has 0 saturated heterocycles. The molecular weight excluding hydrogens is 999 g/mol. The number of benzene rings is 13. The van der Waals surface area contributed by atoms with E-state index < -0.39 is 5.41 Å². The topological polar surface area (TPSA) is 37.7 Å². The number of rotatable bonds is 6. The van der Waals surface area contributed by atoms with Gasteiger partial charge in [0.25, 0.3) is 0 Å². The van der Waals surface area contributed by atoms with E-state index in [4.69, 9.17) is 8.83 Å². The fourth-order valence-electron chi connectivity index (χ4n) is 14.7. The minimum Gasteiger partial charge on any atom is -0.454 e. The first-order chi connectivity index (χ1) is 40.5. The van der Waals surface area contributed by atoms with Crippen LogP contribution in [0.15, 0.2) is 270 Å². The molecule has 0 saturated carbocycles. The maximum absolute atomic E-state index is 7.11. The van der Waals surface area contributed by atoms with Gasteiger partial charge < -0.3 is 23.2 Å². The smallest absolute Gasteiger partial charge is 0.159 e. The SMILES string of the molecule is Cc1cccc2c1oc1c(N(c3ccccc3)c3ccc4c(c3)c3cc(N(c5ccccc5)c5cccc6c5oc5c(C)cccc56)cc5c3n4-c3ccccc3C53c4ccc5ccccc5c4-c4c3ccc3ccccc43)cccc12. The van der Waals surface area contributed by atoms with Crippen molar-refractivity contribution in [3.05, 3.63) is 294 Å². The first-order valence-corrected chi connectivity index (χ1v) is 28.3. The highest BCUT2D eigenvalue weighted by Crippen LogP contribution is 2.64. The molecule has 18 rings (SSSR count). The van der Waals surface area contributed by atoms with Crippen LogP contribution in [-0.2, 0) is 5.41 Å². The van der Waals surface area contributed by atoms with E-state index in [2.05, 4.69) is 289 Å². The number of fused-ring (bicyclic) bond motifs is 22. The summed E-state index contributed by atoms with van der Waals surface area (Å²) in [6, 6.07) is 96.4. The Morgan fingerprint density at radius 2 is 0.793 bits per heavy atom. The molecule has 384 valence electrons. The standard InChI is InChI=1S/C77H49N3O2/c1-46-19-15-29-56-58-31-17-35-68(75(58)81-73(46)56)78(50-23-5-3-6-24-50)52-39-42-66-60(43-52)61-44-53(79(51-25-7-4-8-26-51)69-36-18-32-59-57-30-16-20-47(2)74(57)82-76(59)69)45-65-72(61)80(66)67-34-14-13-33-62(67)77(65)63-40-37-48-21-9-11-27-54(48)70(63)71-55-28-12-10-22-49(55)38-41-64(71)77/h3-45H,1-2H3. The van der Waals surface area contributed by atoms with E-state index in [0.29, 0.717) is 0 Å². The van der Waals surface area contributed by atoms with E-state index in [1.54, 1.807) is 0 Å². The average molecular weight is 1050 g/mol. The first kappa shape index (κ1) is 45.3. The molecule has 1 spiro atoms. The molecule has 5 nitrogen and oxygen atoms in total. The lowest BCUT2D eigenvalue weighted by atomic mass is 9.65. The Kier molecular flexibility index (Phi) is 9.23. The van der Waals surface area contributed by atoms with Crippen molar-refractivity contribution in [2.75, 3.05) is 9.80 Å². The van der Waals surface area contributed by atoms with Gasteiger partial charge in [-0.3, -0.25) is 0 Å². The van der Waals surface area contributed by atoms with Crippen LogP contribution in [-0.4, -0.2) is 4.57 Å². The highest BCUT2D eigenvalue weighted by molar-refractivity contribution is 6.19. The highest BCUT2D eigenvalue weighted by atomic mass is 16.3. The van der Waals surface area contributed by atoms with Gasteiger partial charge in [0.1, 0.15) is 11.2 Å². The monoisotopic (exact) mass is 1050 g/mol. The van der Waals surface area contributed by atoms with Gasteiger partial charge in [-0.2, -0.15) is 0 Å². The number of hydrogen-bond acceptors (Lipinski definition) is 4. The van der Waals surface area contributed by atoms with Crippen molar-refractivity contribution in [1.82, 2.24) is 4.57 Å². The molecule has 0 bridgehead atoms. The second kappa shape index (κ2) is 16.7. The highest BCUT2D eigenvalue weighted by Gasteiger charge is 2.52. The van der Waals surface area contributed by atoms with Gasteiger partial charge in [-0.15, -0.1) is 0 Å². The van der Waals surface area contributed by atoms with Gasteiger partial charge in [0, 0.05) is 55.1 Å². The summed E-state index contributed by atoms with van der Waals surface area (Å²) in [6.07, 6.45) is 0. The Balaban J connectivity index is 1.01. The van der Waals surface area contributed by atoms with Crippen molar-refractivity contribution in [3.63, 3.8) is 0 Å². The Hall–Kier alpha value is -10.6. The molecule has 1 aliphatic heterocycles. The van der Waals surface area contributed by atoms with E-state index in [1.165, 1.54) is 66.1 Å². The van der Waals surface area contributed by atoms with Gasteiger partial charge in [-0.1, -0.05) is 188 Å². The van der Waals surface area contributed by atoms with Gasteiger partial charge in [-0.25, -0.2) is 0 Å². The normalized spacial score (nSPS) is 13.1. The average Bonchev–Trinajstić information content (AvgIpc) is 1.71. The first-order valence-electron chi connectivity index (χ1n) is 28.3. The van der Waals surface area contributed by atoms with Gasteiger partial charge in [0.05, 0.1) is 33.5 Å². The van der Waals surface area contributed by atoms with Crippen LogP contribution >= 0.6 is 0 Å². The quantitative estimate of drug-likeness (QED) is 0.166. The summed E-state index contributed by atoms with van der Waals surface area (Å²) < 4.78 is 16.6. The number of aryl methyl sites for hydroxylation is 2. The van der Waals surface area contributed by atoms with Crippen LogP contribution in [0.5, 0.6) is 0 Å². The van der Waals surface area contributed by atoms with Crippen LogP contribution in [0, 0.1) is 13.8 Å². The summed E-state index contributed by atoms with van der Waals surface area (Å²) in [5.74, 6) is 0. The minimum absolute atomic E-state index is 0.757. The van der Waals surface area contributed by atoms with E-state index in [1.807, 2.05) is 0 Å². The third-order valence-corrected chi connectivity index (χ3v) is 18.1. The predicted molar refractivity (Wildman–Crippen MR) is 340 cm³/mol. The van der Waals surface area contributed by atoms with Gasteiger partial charge in [0.15, 0.2) is 11.2 Å². The van der Waals surface area contributed by atoms with Crippen LogP contribution in [0.2, 0.25) is 0 Å². The van der Waals surface area contributed by atoms with Crippen LogP contribution in [0.3, 0.4) is 0 Å². The summed E-state index contributed by atoms with van der Waals surface area (Å²) in [7, 11) is 0. The molecule has 0 fully saturated rings. The summed E-state index contributed by atoms with van der Waals surface area (Å²) in [4.78, 5) is 4.82. The predicted octanol–water partition coefficient (Wildman–Crippen LogP) is 21.1. The third kappa shape index (κ3) is 5.96. The molecule has 3 aromatic heterocycles. The lowest BCUT2D eigenvalue weighted by molar-refractivity contribution is 0.665. The second-order valence-corrected chi connectivity index (χ2v) is 22.4. The largest absolute Gasteiger partial charge is 0.454 e.